The van der Waals surface area contributed by atoms with Crippen molar-refractivity contribution in [1.82, 2.24) is 5.32 Å². The van der Waals surface area contributed by atoms with Crippen molar-refractivity contribution in [2.75, 3.05) is 0 Å². The van der Waals surface area contributed by atoms with E-state index in [1.165, 1.54) is 0 Å². The summed E-state index contributed by atoms with van der Waals surface area (Å²) in [4.78, 5) is 23.9. The van der Waals surface area contributed by atoms with Crippen LogP contribution in [-0.2, 0) is 9.59 Å². The fraction of sp³-hybridized carbons (Fsp3) is 0.333. The number of amides is 1. The van der Waals surface area contributed by atoms with E-state index in [4.69, 9.17) is 23.2 Å². The van der Waals surface area contributed by atoms with Crippen LogP contribution in [0.1, 0.15) is 25.3 Å². The molecule has 1 N–H and O–H groups in total. The van der Waals surface area contributed by atoms with Gasteiger partial charge in [-0.1, -0.05) is 23.2 Å². The minimum Gasteiger partial charge on any atom is -0.343 e. The van der Waals surface area contributed by atoms with Crippen molar-refractivity contribution in [3.63, 3.8) is 0 Å². The number of halogens is 2. The second kappa shape index (κ2) is 4.00. The number of rotatable bonds is 1. The van der Waals surface area contributed by atoms with E-state index in [1.807, 2.05) is 0 Å². The van der Waals surface area contributed by atoms with Gasteiger partial charge in [0.2, 0.25) is 5.91 Å². The molecule has 1 aromatic rings. The maximum Gasteiger partial charge on any atom is 0.236 e. The molecule has 1 fully saturated rings. The molecule has 2 rings (SSSR count). The zero-order chi connectivity index (χ0) is 12.8. The Morgan fingerprint density at radius 1 is 1.24 bits per heavy atom. The molecule has 1 aromatic carbocycles. The van der Waals surface area contributed by atoms with E-state index < -0.39 is 11.5 Å². The van der Waals surface area contributed by atoms with Crippen molar-refractivity contribution in [2.45, 2.75) is 25.3 Å². The number of ketones is 1. The fourth-order valence-electron chi connectivity index (χ4n) is 1.94. The summed E-state index contributed by atoms with van der Waals surface area (Å²) in [6, 6.07) is 4.77. The van der Waals surface area contributed by atoms with Crippen LogP contribution in [0.5, 0.6) is 0 Å². The Morgan fingerprint density at radius 3 is 2.41 bits per heavy atom. The minimum atomic E-state index is -0.865. The monoisotopic (exact) mass is 271 g/mol. The van der Waals surface area contributed by atoms with E-state index in [2.05, 4.69) is 5.32 Å². The van der Waals surface area contributed by atoms with Crippen molar-refractivity contribution in [2.24, 2.45) is 0 Å². The zero-order valence-corrected chi connectivity index (χ0v) is 10.9. The van der Waals surface area contributed by atoms with Gasteiger partial charge in [-0.3, -0.25) is 9.59 Å². The summed E-state index contributed by atoms with van der Waals surface area (Å²) in [5.41, 5.74) is -0.389. The predicted molar refractivity (Wildman–Crippen MR) is 66.4 cm³/mol. The van der Waals surface area contributed by atoms with Crippen LogP contribution in [0.2, 0.25) is 10.0 Å². The molecule has 1 atom stereocenters. The molecule has 90 valence electrons. The number of carbonyl (C=O) groups excluding carboxylic acids is 2. The first-order valence-electron chi connectivity index (χ1n) is 5.14. The Bertz CT molecular complexity index is 511. The van der Waals surface area contributed by atoms with E-state index in [0.29, 0.717) is 15.6 Å². The lowest BCUT2D eigenvalue weighted by Crippen LogP contribution is -2.39. The van der Waals surface area contributed by atoms with Crippen LogP contribution >= 0.6 is 23.2 Å². The lowest BCUT2D eigenvalue weighted by molar-refractivity contribution is -0.125. The molecule has 3 nitrogen and oxygen atoms in total. The van der Waals surface area contributed by atoms with Gasteiger partial charge in [-0.25, -0.2) is 0 Å². The van der Waals surface area contributed by atoms with E-state index >= 15 is 0 Å². The maximum absolute atomic E-state index is 12.1. The number of Topliss-reactive ketones (excluding diaryl/α,β-unsaturated/α-hetero) is 1. The number of nitrogens with one attached hydrogen (secondary N) is 1. The van der Waals surface area contributed by atoms with Crippen molar-refractivity contribution in [1.29, 1.82) is 0 Å². The third-order valence-corrected chi connectivity index (χ3v) is 3.42. The van der Waals surface area contributed by atoms with Crippen LogP contribution in [-0.4, -0.2) is 17.2 Å². The van der Waals surface area contributed by atoms with Gasteiger partial charge in [-0.05, 0) is 37.6 Å². The van der Waals surface area contributed by atoms with Crippen molar-refractivity contribution in [3.8, 4) is 0 Å². The Morgan fingerprint density at radius 2 is 1.88 bits per heavy atom. The van der Waals surface area contributed by atoms with Gasteiger partial charge in [-0.15, -0.1) is 0 Å². The first-order chi connectivity index (χ1) is 7.83. The highest BCUT2D eigenvalue weighted by atomic mass is 35.5. The molecular formula is C12H11Cl2NO2. The van der Waals surface area contributed by atoms with E-state index in [9.17, 15) is 9.59 Å². The lowest BCUT2D eigenvalue weighted by Gasteiger charge is -2.15. The van der Waals surface area contributed by atoms with E-state index in [0.717, 1.165) is 0 Å². The third-order valence-electron chi connectivity index (χ3n) is 2.85. The van der Waals surface area contributed by atoms with Crippen molar-refractivity contribution < 1.29 is 9.59 Å². The van der Waals surface area contributed by atoms with Gasteiger partial charge < -0.3 is 5.32 Å². The lowest BCUT2D eigenvalue weighted by atomic mass is 9.89. The first kappa shape index (κ1) is 12.4. The fourth-order valence-corrected chi connectivity index (χ4v) is 2.35. The van der Waals surface area contributed by atoms with Crippen molar-refractivity contribution >= 4 is 34.9 Å². The second-order valence-electron chi connectivity index (χ2n) is 4.58. The van der Waals surface area contributed by atoms with Gasteiger partial charge in [0.1, 0.15) is 5.92 Å². The molecule has 0 saturated carbocycles. The molecule has 1 aliphatic rings. The minimum absolute atomic E-state index is 0.188. The van der Waals surface area contributed by atoms with Crippen molar-refractivity contribution in [3.05, 3.63) is 33.8 Å². The average Bonchev–Trinajstić information content (AvgIpc) is 2.41. The summed E-state index contributed by atoms with van der Waals surface area (Å²) in [6.45, 7) is 3.34. The molecule has 0 radical (unpaired) electrons. The molecular weight excluding hydrogens is 261 g/mol. The average molecular weight is 272 g/mol. The highest BCUT2D eigenvalue weighted by molar-refractivity contribution is 6.34. The smallest absolute Gasteiger partial charge is 0.236 e. The van der Waals surface area contributed by atoms with Crippen LogP contribution in [0.25, 0.3) is 0 Å². The Kier molecular flexibility index (Phi) is 2.92. The molecule has 1 saturated heterocycles. The molecule has 1 amide bonds. The zero-order valence-electron chi connectivity index (χ0n) is 9.38. The summed E-state index contributed by atoms with van der Waals surface area (Å²) in [7, 11) is 0. The SMILES string of the molecule is CC1(C)NC(=O)C(c2cc(Cl)ccc2Cl)C1=O. The summed E-state index contributed by atoms with van der Waals surface area (Å²) >= 11 is 11.9. The van der Waals surface area contributed by atoms with Gasteiger partial charge >= 0.3 is 0 Å². The molecule has 1 heterocycles. The number of hydrogen-bond acceptors (Lipinski definition) is 2. The molecule has 0 aromatic heterocycles. The van der Waals surface area contributed by atoms with Crippen LogP contribution < -0.4 is 5.32 Å². The molecule has 0 bridgehead atoms. The summed E-state index contributed by atoms with van der Waals surface area (Å²) in [5, 5.41) is 3.48. The van der Waals surface area contributed by atoms with Gasteiger partial charge in [0.05, 0.1) is 5.54 Å². The summed E-state index contributed by atoms with van der Waals surface area (Å²) in [5.74, 6) is -1.38. The molecule has 1 unspecified atom stereocenters. The van der Waals surface area contributed by atoms with E-state index in [-0.39, 0.29) is 11.7 Å². The highest BCUT2D eigenvalue weighted by Crippen LogP contribution is 2.34. The number of carbonyl (C=O) groups is 2. The number of benzene rings is 1. The number of hydrogen-bond donors (Lipinski definition) is 1. The first-order valence-corrected chi connectivity index (χ1v) is 5.90. The summed E-state index contributed by atoms with van der Waals surface area (Å²) in [6.07, 6.45) is 0. The van der Waals surface area contributed by atoms with Gasteiger partial charge in [0, 0.05) is 10.0 Å². The third kappa shape index (κ3) is 2.05. The standard InChI is InChI=1S/C12H11Cl2NO2/c1-12(2)10(16)9(11(17)15-12)7-5-6(13)3-4-8(7)14/h3-5,9H,1-2H3,(H,15,17). The largest absolute Gasteiger partial charge is 0.343 e. The molecule has 0 aliphatic carbocycles. The molecule has 0 spiro atoms. The van der Waals surface area contributed by atoms with Gasteiger partial charge in [0.25, 0.3) is 0 Å². The maximum atomic E-state index is 12.1. The van der Waals surface area contributed by atoms with Crippen LogP contribution in [0.15, 0.2) is 18.2 Å². The topological polar surface area (TPSA) is 46.2 Å². The normalized spacial score (nSPS) is 22.7. The molecule has 17 heavy (non-hydrogen) atoms. The molecule has 1 aliphatic heterocycles. The van der Waals surface area contributed by atoms with Crippen LogP contribution in [0.4, 0.5) is 0 Å². The summed E-state index contributed by atoms with van der Waals surface area (Å²) < 4.78 is 0. The van der Waals surface area contributed by atoms with Crippen LogP contribution in [0, 0.1) is 0 Å². The van der Waals surface area contributed by atoms with Gasteiger partial charge in [-0.2, -0.15) is 0 Å². The van der Waals surface area contributed by atoms with E-state index in [1.54, 1.807) is 32.0 Å². The quantitative estimate of drug-likeness (QED) is 0.798. The Balaban J connectivity index is 2.51. The highest BCUT2D eigenvalue weighted by Gasteiger charge is 2.47. The van der Waals surface area contributed by atoms with Gasteiger partial charge in [0.15, 0.2) is 5.78 Å². The Hall–Kier alpha value is -1.06. The predicted octanol–water partition coefficient (Wildman–Crippen LogP) is 2.55. The van der Waals surface area contributed by atoms with Crippen LogP contribution in [0.3, 0.4) is 0 Å². The Labute approximate surface area is 109 Å². The molecule has 5 heteroatoms. The second-order valence-corrected chi connectivity index (χ2v) is 5.42.